The molecule has 2 heterocycles. The van der Waals surface area contributed by atoms with Gasteiger partial charge in [0, 0.05) is 63.5 Å². The maximum atomic E-state index is 9.53. The first-order chi connectivity index (χ1) is 31.3. The molecule has 0 aliphatic carbocycles. The summed E-state index contributed by atoms with van der Waals surface area (Å²) in [4.78, 5) is 44.0. The number of carbonyl (C=O) groups excluding carboxylic acids is 2. The monoisotopic (exact) mass is 1060 g/mol. The molecule has 348 valence electrons. The van der Waals surface area contributed by atoms with Crippen molar-refractivity contribution in [2.45, 2.75) is 38.5 Å². The Morgan fingerprint density at radius 1 is 0.530 bits per heavy atom. The van der Waals surface area contributed by atoms with Gasteiger partial charge in [0.25, 0.3) is 0 Å². The molecule has 66 heavy (non-hydrogen) atoms. The number of H-pyrrole nitrogens is 2. The third-order valence-corrected chi connectivity index (χ3v) is 10.5. The molecule has 6 rings (SSSR count). The first-order valence-electron chi connectivity index (χ1n) is 18.6. The summed E-state index contributed by atoms with van der Waals surface area (Å²) >= 11 is 49.1. The zero-order chi connectivity index (χ0) is 48.8. The van der Waals surface area contributed by atoms with Crippen molar-refractivity contribution in [3.63, 3.8) is 0 Å². The number of imidazole rings is 2. The number of halogens is 8. The van der Waals surface area contributed by atoms with Crippen molar-refractivity contribution >= 4 is 117 Å². The SMILES string of the molecule is Clc1ccc(CO[C@@H](C[n+]2cc[nH]c2)c2ccc(Cl)cc2Cl)c(Cl)c1.Clc1ccc(CO[C@H](C[n+]2cc[nH]c2)c2ccc(Cl)cc2Cl)c(Cl)c1.O=C([O-])/C=C\C(=O)O.O=C([O-])/C=C\C(=O)O. The maximum Gasteiger partial charge on any atom is 0.328 e. The first-order valence-corrected chi connectivity index (χ1v) is 21.6. The number of aromatic amines is 2. The Hall–Kier alpha value is -5.10. The molecule has 14 nitrogen and oxygen atoms in total. The van der Waals surface area contributed by atoms with Crippen LogP contribution in [0.5, 0.6) is 0 Å². The standard InChI is InChI=1S/2C18H14Cl4N2O.2C4H4O4/c2*19-13-2-1-12(16(21)7-13)10-25-18(9-24-6-5-23-11-24)15-4-3-14(20)8-17(15)22;2*5-3(6)1-2-4(7)8/h2*1-8,11,18H,9-10H2;2*1-2H,(H,5,6)(H,7,8)/b;;2*2-1-/t2*18-;;/m10../s1. The van der Waals surface area contributed by atoms with Gasteiger partial charge in [0.05, 0.1) is 25.2 Å². The number of ether oxygens (including phenoxy) is 2. The van der Waals surface area contributed by atoms with Crippen LogP contribution in [0.25, 0.3) is 0 Å². The molecular weight excluding hydrogens is 1030 g/mol. The molecule has 4 aromatic carbocycles. The predicted molar refractivity (Wildman–Crippen MR) is 246 cm³/mol. The maximum absolute atomic E-state index is 9.53. The molecule has 6 aromatic rings. The van der Waals surface area contributed by atoms with Gasteiger partial charge in [-0.2, -0.15) is 0 Å². The number of hydrogen-bond donors (Lipinski definition) is 4. The molecule has 4 N–H and O–H groups in total. The van der Waals surface area contributed by atoms with Crippen molar-refractivity contribution in [3.8, 4) is 0 Å². The average molecular weight is 1060 g/mol. The summed E-state index contributed by atoms with van der Waals surface area (Å²) in [7, 11) is 0. The average Bonchev–Trinajstić information content (AvgIpc) is 3.97. The Balaban J connectivity index is 0.000000265. The highest BCUT2D eigenvalue weighted by molar-refractivity contribution is 6.36. The number of aromatic nitrogens is 4. The molecule has 22 heteroatoms. The van der Waals surface area contributed by atoms with Crippen molar-refractivity contribution in [1.82, 2.24) is 9.97 Å². The lowest BCUT2D eigenvalue weighted by molar-refractivity contribution is -0.704. The molecule has 0 aliphatic heterocycles. The van der Waals surface area contributed by atoms with E-state index in [-0.39, 0.29) is 12.2 Å². The second-order valence-electron chi connectivity index (χ2n) is 13.0. The molecule has 0 amide bonds. The van der Waals surface area contributed by atoms with Crippen LogP contribution in [0.4, 0.5) is 0 Å². The quantitative estimate of drug-likeness (QED) is 0.0536. The normalized spacial score (nSPS) is 11.6. The number of carboxylic acid groups (broad SMARTS) is 4. The van der Waals surface area contributed by atoms with Gasteiger partial charge in [-0.25, -0.2) is 18.7 Å². The number of rotatable bonds is 16. The Morgan fingerprint density at radius 2 is 0.864 bits per heavy atom. The summed E-state index contributed by atoms with van der Waals surface area (Å²) in [5.41, 5.74) is 3.45. The van der Waals surface area contributed by atoms with Crippen LogP contribution in [0, 0.1) is 0 Å². The van der Waals surface area contributed by atoms with Gasteiger partial charge in [-0.05, 0) is 71.8 Å². The van der Waals surface area contributed by atoms with Gasteiger partial charge in [-0.15, -0.1) is 0 Å². The number of carbonyl (C=O) groups is 4. The largest absolute Gasteiger partial charge is 0.545 e. The minimum absolute atomic E-state index is 0.266. The van der Waals surface area contributed by atoms with E-state index < -0.39 is 23.9 Å². The summed E-state index contributed by atoms with van der Waals surface area (Å²) in [6, 6.07) is 21.5. The number of carboxylic acids is 4. The fourth-order valence-corrected chi connectivity index (χ4v) is 7.18. The summed E-state index contributed by atoms with van der Waals surface area (Å²) in [5, 5.41) is 39.1. The lowest BCUT2D eigenvalue weighted by Crippen LogP contribution is -2.35. The highest BCUT2D eigenvalue weighted by Gasteiger charge is 2.21. The van der Waals surface area contributed by atoms with Crippen molar-refractivity contribution in [1.29, 1.82) is 0 Å². The van der Waals surface area contributed by atoms with E-state index >= 15 is 0 Å². The molecule has 0 aliphatic rings. The number of benzene rings is 4. The second-order valence-corrected chi connectivity index (χ2v) is 16.4. The minimum Gasteiger partial charge on any atom is -0.545 e. The van der Waals surface area contributed by atoms with Crippen molar-refractivity contribution in [2.75, 3.05) is 0 Å². The molecule has 0 unspecified atom stereocenters. The molecule has 0 fully saturated rings. The lowest BCUT2D eigenvalue weighted by Gasteiger charge is -2.19. The third kappa shape index (κ3) is 21.0. The van der Waals surface area contributed by atoms with Crippen LogP contribution < -0.4 is 19.3 Å². The van der Waals surface area contributed by atoms with Crippen LogP contribution in [0.3, 0.4) is 0 Å². The van der Waals surface area contributed by atoms with Crippen LogP contribution >= 0.6 is 92.8 Å². The Labute approximate surface area is 417 Å². The van der Waals surface area contributed by atoms with Crippen LogP contribution in [0.15, 0.2) is 135 Å². The number of hydrogen-bond acceptors (Lipinski definition) is 8. The van der Waals surface area contributed by atoms with Crippen LogP contribution in [-0.2, 0) is 55.0 Å². The second kappa shape index (κ2) is 28.8. The van der Waals surface area contributed by atoms with E-state index in [0.717, 1.165) is 22.3 Å². The number of nitrogens with zero attached hydrogens (tertiary/aromatic N) is 2. The van der Waals surface area contributed by atoms with Crippen molar-refractivity contribution in [2.24, 2.45) is 0 Å². The Kier molecular flexibility index (Phi) is 24.1. The van der Waals surface area contributed by atoms with E-state index in [1.165, 1.54) is 0 Å². The summed E-state index contributed by atoms with van der Waals surface area (Å²) in [5.74, 6) is -5.61. The van der Waals surface area contributed by atoms with Crippen molar-refractivity contribution < 1.29 is 58.2 Å². The third-order valence-electron chi connectivity index (χ3n) is 8.21. The summed E-state index contributed by atoms with van der Waals surface area (Å²) in [6.45, 7) is 1.86. The van der Waals surface area contributed by atoms with Gasteiger partial charge < -0.3 is 39.5 Å². The predicted octanol–water partition coefficient (Wildman–Crippen LogP) is 8.50. The smallest absolute Gasteiger partial charge is 0.328 e. The van der Waals surface area contributed by atoms with Gasteiger partial charge in [0.2, 0.25) is 12.7 Å². The molecule has 2 aromatic heterocycles. The van der Waals surface area contributed by atoms with Gasteiger partial charge in [0.15, 0.2) is 0 Å². The van der Waals surface area contributed by atoms with E-state index in [1.807, 2.05) is 70.8 Å². The van der Waals surface area contributed by atoms with Gasteiger partial charge >= 0.3 is 11.9 Å². The number of nitrogens with one attached hydrogen (secondary N) is 2. The van der Waals surface area contributed by atoms with Crippen LogP contribution in [0.1, 0.15) is 34.5 Å². The molecule has 0 spiro atoms. The fraction of sp³-hybridized carbons (Fsp3) is 0.136. The zero-order valence-electron chi connectivity index (χ0n) is 33.8. The van der Waals surface area contributed by atoms with Crippen molar-refractivity contribution in [3.05, 3.63) is 197 Å². The molecule has 0 radical (unpaired) electrons. The molecule has 0 saturated heterocycles. The number of aliphatic carboxylic acids is 4. The first kappa shape index (κ1) is 55.2. The molecule has 2 atom stereocenters. The van der Waals surface area contributed by atoms with Crippen LogP contribution in [0.2, 0.25) is 40.2 Å². The fourth-order valence-electron chi connectivity index (χ4n) is 5.20. The highest BCUT2D eigenvalue weighted by Crippen LogP contribution is 2.32. The molecule has 0 saturated carbocycles. The van der Waals surface area contributed by atoms with Crippen LogP contribution in [-0.4, -0.2) is 44.1 Å². The van der Waals surface area contributed by atoms with E-state index in [1.54, 1.807) is 48.5 Å². The summed E-state index contributed by atoms with van der Waals surface area (Å²) < 4.78 is 16.2. The summed E-state index contributed by atoms with van der Waals surface area (Å²) in [6.07, 6.45) is 12.6. The van der Waals surface area contributed by atoms with E-state index in [0.29, 0.717) is 90.8 Å². The molecular formula is C44H36Cl8N4O10. The Morgan fingerprint density at radius 3 is 1.12 bits per heavy atom. The topological polar surface area (TPSA) is 213 Å². The van der Waals surface area contributed by atoms with E-state index in [9.17, 15) is 29.4 Å². The van der Waals surface area contributed by atoms with Gasteiger partial charge in [-0.3, -0.25) is 9.97 Å². The lowest BCUT2D eigenvalue weighted by atomic mass is 10.1. The zero-order valence-corrected chi connectivity index (χ0v) is 39.8. The van der Waals surface area contributed by atoms with E-state index in [2.05, 4.69) is 9.97 Å². The molecule has 0 bridgehead atoms. The minimum atomic E-state index is -1.51. The highest BCUT2D eigenvalue weighted by atomic mass is 35.5. The van der Waals surface area contributed by atoms with E-state index in [4.69, 9.17) is 112 Å². The van der Waals surface area contributed by atoms with Gasteiger partial charge in [0.1, 0.15) is 50.1 Å². The Bertz CT molecular complexity index is 2390. The van der Waals surface area contributed by atoms with Gasteiger partial charge in [-0.1, -0.05) is 117 Å².